The number of hydrogen-bond acceptors (Lipinski definition) is 1. The Morgan fingerprint density at radius 1 is 1.38 bits per heavy atom. The van der Waals surface area contributed by atoms with Crippen molar-refractivity contribution in [2.45, 2.75) is 0 Å². The molecule has 0 saturated carbocycles. The van der Waals surface area contributed by atoms with Gasteiger partial charge >= 0.3 is 37.7 Å². The van der Waals surface area contributed by atoms with Crippen molar-refractivity contribution < 1.29 is 0 Å². The zero-order chi connectivity index (χ0) is 5.11. The molecule has 1 heterocycles. The Balaban J connectivity index is 0.000000490. The summed E-state index contributed by atoms with van der Waals surface area (Å²) >= 11 is 5.43. The summed E-state index contributed by atoms with van der Waals surface area (Å²) in [6.07, 6.45) is 1.66. The fourth-order valence-corrected chi connectivity index (χ4v) is 0.471. The Labute approximate surface area is 83.1 Å². The Morgan fingerprint density at radius 2 is 2.12 bits per heavy atom. The van der Waals surface area contributed by atoms with Gasteiger partial charge in [-0.05, 0) is 12.1 Å². The first-order chi connectivity index (χ1) is 3.39. The van der Waals surface area contributed by atoms with Crippen molar-refractivity contribution in [3.63, 3.8) is 0 Å². The second-order valence-corrected chi connectivity index (χ2v) is 1.54. The van der Waals surface area contributed by atoms with E-state index in [1.165, 1.54) is 0 Å². The van der Waals surface area contributed by atoms with Crippen LogP contribution in [0.25, 0.3) is 0 Å². The summed E-state index contributed by atoms with van der Waals surface area (Å²) in [5.41, 5.74) is 0. The second kappa shape index (κ2) is 4.57. The van der Waals surface area contributed by atoms with Gasteiger partial charge in [0.1, 0.15) is 5.15 Å². The van der Waals surface area contributed by atoms with E-state index in [9.17, 15) is 0 Å². The van der Waals surface area contributed by atoms with Gasteiger partial charge < -0.3 is 0 Å². The SMILES string of the molecule is Clc1ccccn1.[CaH2]. The standard InChI is InChI=1S/C5H4ClN.Ca.2H/c6-5-3-1-2-4-7-5;;;/h1-4H;;;. The summed E-state index contributed by atoms with van der Waals surface area (Å²) < 4.78 is 0. The number of aromatic nitrogens is 1. The molecule has 0 aromatic carbocycles. The molecule has 0 bridgehead atoms. The normalized spacial score (nSPS) is 7.62. The summed E-state index contributed by atoms with van der Waals surface area (Å²) in [4.78, 5) is 3.74. The van der Waals surface area contributed by atoms with Crippen molar-refractivity contribution >= 4 is 49.3 Å². The van der Waals surface area contributed by atoms with Gasteiger partial charge in [-0.2, -0.15) is 0 Å². The third kappa shape index (κ3) is 2.88. The van der Waals surface area contributed by atoms with Crippen molar-refractivity contribution in [1.82, 2.24) is 4.98 Å². The Hall–Kier alpha value is 0.700. The van der Waals surface area contributed by atoms with E-state index in [1.807, 2.05) is 12.1 Å². The molecule has 0 aliphatic carbocycles. The molecule has 8 heavy (non-hydrogen) atoms. The van der Waals surface area contributed by atoms with Gasteiger partial charge in [0.2, 0.25) is 0 Å². The summed E-state index contributed by atoms with van der Waals surface area (Å²) in [6.45, 7) is 0. The molecule has 0 aliphatic rings. The topological polar surface area (TPSA) is 12.9 Å². The van der Waals surface area contributed by atoms with Gasteiger partial charge in [-0.1, -0.05) is 17.7 Å². The van der Waals surface area contributed by atoms with Crippen LogP contribution in [0.4, 0.5) is 0 Å². The zero-order valence-corrected chi connectivity index (χ0v) is 4.39. The van der Waals surface area contributed by atoms with Crippen LogP contribution in [0.2, 0.25) is 5.15 Å². The number of pyridine rings is 1. The van der Waals surface area contributed by atoms with Gasteiger partial charge in [0.15, 0.2) is 0 Å². The van der Waals surface area contributed by atoms with Crippen LogP contribution in [0.1, 0.15) is 0 Å². The van der Waals surface area contributed by atoms with Gasteiger partial charge in [-0.15, -0.1) is 0 Å². The van der Waals surface area contributed by atoms with E-state index >= 15 is 0 Å². The summed E-state index contributed by atoms with van der Waals surface area (Å²) in [5.74, 6) is 0. The maximum atomic E-state index is 5.43. The van der Waals surface area contributed by atoms with E-state index in [0.29, 0.717) is 5.15 Å². The van der Waals surface area contributed by atoms with Gasteiger partial charge in [0.25, 0.3) is 0 Å². The molecule has 0 atom stereocenters. The van der Waals surface area contributed by atoms with Crippen molar-refractivity contribution in [2.24, 2.45) is 0 Å². The molecule has 1 nitrogen and oxygen atoms in total. The van der Waals surface area contributed by atoms with Crippen LogP contribution < -0.4 is 0 Å². The molecule has 0 amide bonds. The van der Waals surface area contributed by atoms with E-state index < -0.39 is 0 Å². The van der Waals surface area contributed by atoms with Gasteiger partial charge in [-0.3, -0.25) is 0 Å². The predicted molar refractivity (Wildman–Crippen MR) is 37.8 cm³/mol. The van der Waals surface area contributed by atoms with Crippen LogP contribution in [0.15, 0.2) is 24.4 Å². The molecule has 0 radical (unpaired) electrons. The number of nitrogens with zero attached hydrogens (tertiary/aromatic N) is 1. The van der Waals surface area contributed by atoms with Crippen LogP contribution >= 0.6 is 11.6 Å². The van der Waals surface area contributed by atoms with Crippen LogP contribution in [-0.4, -0.2) is 42.7 Å². The molecule has 0 aliphatic heterocycles. The Kier molecular flexibility index (Phi) is 4.97. The summed E-state index contributed by atoms with van der Waals surface area (Å²) in [5, 5.41) is 0.544. The molecule has 1 aromatic heterocycles. The van der Waals surface area contributed by atoms with E-state index in [-0.39, 0.29) is 37.7 Å². The van der Waals surface area contributed by atoms with Gasteiger partial charge in [-0.25, -0.2) is 4.98 Å². The maximum absolute atomic E-state index is 5.43. The minimum absolute atomic E-state index is 0. The first-order valence-electron chi connectivity index (χ1n) is 1.96. The zero-order valence-electron chi connectivity index (χ0n) is 3.63. The minimum atomic E-state index is 0. The molecule has 40 valence electrons. The molecule has 1 aromatic rings. The third-order valence-electron chi connectivity index (χ3n) is 0.629. The van der Waals surface area contributed by atoms with Crippen molar-refractivity contribution in [1.29, 1.82) is 0 Å². The average molecular weight is 156 g/mol. The predicted octanol–water partition coefficient (Wildman–Crippen LogP) is 0.819. The fraction of sp³-hybridized carbons (Fsp3) is 0. The quantitative estimate of drug-likeness (QED) is 0.399. The average Bonchev–Trinajstić information content (AvgIpc) is 1.69. The molecule has 0 N–H and O–H groups in total. The van der Waals surface area contributed by atoms with Gasteiger partial charge in [0.05, 0.1) is 0 Å². The molecule has 0 spiro atoms. The molecule has 0 unspecified atom stereocenters. The first-order valence-corrected chi connectivity index (χ1v) is 2.34. The number of hydrogen-bond donors (Lipinski definition) is 0. The molecule has 0 saturated heterocycles. The molecule has 1 rings (SSSR count). The van der Waals surface area contributed by atoms with Gasteiger partial charge in [0, 0.05) is 6.20 Å². The monoisotopic (exact) mass is 155 g/mol. The van der Waals surface area contributed by atoms with E-state index in [2.05, 4.69) is 4.98 Å². The number of rotatable bonds is 0. The van der Waals surface area contributed by atoms with Crippen LogP contribution in [0.3, 0.4) is 0 Å². The van der Waals surface area contributed by atoms with Crippen LogP contribution in [0.5, 0.6) is 0 Å². The molecule has 3 heteroatoms. The summed E-state index contributed by atoms with van der Waals surface area (Å²) in [7, 11) is 0. The Morgan fingerprint density at radius 3 is 2.38 bits per heavy atom. The van der Waals surface area contributed by atoms with Crippen molar-refractivity contribution in [3.05, 3.63) is 29.5 Å². The van der Waals surface area contributed by atoms with E-state index in [0.717, 1.165) is 0 Å². The second-order valence-electron chi connectivity index (χ2n) is 1.15. The van der Waals surface area contributed by atoms with E-state index in [1.54, 1.807) is 12.3 Å². The van der Waals surface area contributed by atoms with Crippen molar-refractivity contribution in [2.75, 3.05) is 0 Å². The first kappa shape index (κ1) is 8.70. The molecular formula is C5H6CaClN. The third-order valence-corrected chi connectivity index (χ3v) is 0.852. The van der Waals surface area contributed by atoms with Crippen molar-refractivity contribution in [3.8, 4) is 0 Å². The summed E-state index contributed by atoms with van der Waals surface area (Å²) in [6, 6.07) is 5.41. The van der Waals surface area contributed by atoms with E-state index in [4.69, 9.17) is 11.6 Å². The van der Waals surface area contributed by atoms with Crippen LogP contribution in [0, 0.1) is 0 Å². The fourth-order valence-electron chi connectivity index (χ4n) is 0.342. The Bertz CT molecular complexity index is 142. The molecule has 0 fully saturated rings. The number of halogens is 1. The van der Waals surface area contributed by atoms with Crippen LogP contribution in [-0.2, 0) is 0 Å². The molecular weight excluding hydrogens is 150 g/mol.